The molecule has 8 nitrogen and oxygen atoms in total. The summed E-state index contributed by atoms with van der Waals surface area (Å²) < 4.78 is 10.9. The molecule has 1 fully saturated rings. The van der Waals surface area contributed by atoms with Gasteiger partial charge in [0.2, 0.25) is 11.8 Å². The monoisotopic (exact) mass is 540 g/mol. The van der Waals surface area contributed by atoms with Gasteiger partial charge < -0.3 is 19.5 Å². The summed E-state index contributed by atoms with van der Waals surface area (Å²) in [6, 6.07) is 0. The molecule has 2 atom stereocenters. The average molecular weight is 541 g/mol. The van der Waals surface area contributed by atoms with Gasteiger partial charge in [0.05, 0.1) is 32.3 Å². The lowest BCUT2D eigenvalue weighted by atomic mass is 10.1. The van der Waals surface area contributed by atoms with E-state index in [2.05, 4.69) is 13.0 Å². The lowest BCUT2D eigenvalue weighted by molar-refractivity contribution is -0.139. The number of unbranched alkanes of at least 4 members (excludes halogenated alkanes) is 4. The van der Waals surface area contributed by atoms with Crippen molar-refractivity contribution in [3.63, 3.8) is 0 Å². The van der Waals surface area contributed by atoms with Crippen molar-refractivity contribution in [3.8, 4) is 0 Å². The number of halogens is 1. The molecule has 1 N–H and O–H groups in total. The van der Waals surface area contributed by atoms with Crippen LogP contribution >= 0.6 is 11.6 Å². The van der Waals surface area contributed by atoms with Gasteiger partial charge in [-0.05, 0) is 24.8 Å². The maximum absolute atomic E-state index is 12.6. The van der Waals surface area contributed by atoms with Crippen molar-refractivity contribution in [3.05, 3.63) is 35.1 Å². The van der Waals surface area contributed by atoms with Gasteiger partial charge in [-0.2, -0.15) is 0 Å². The maximum Gasteiger partial charge on any atom is 0.256 e. The first-order valence-electron chi connectivity index (χ1n) is 13.2. The highest BCUT2D eigenvalue weighted by Gasteiger charge is 2.32. The molecule has 1 saturated heterocycles. The Morgan fingerprint density at radius 1 is 1.22 bits per heavy atom. The number of aliphatic hydroxyl groups excluding tert-OH is 1. The number of ether oxygens (including phenoxy) is 2. The number of rotatable bonds is 18. The zero-order valence-corrected chi connectivity index (χ0v) is 23.7. The Morgan fingerprint density at radius 3 is 2.54 bits per heavy atom. The van der Waals surface area contributed by atoms with Crippen molar-refractivity contribution in [1.82, 2.24) is 9.80 Å². The summed E-state index contributed by atoms with van der Waals surface area (Å²) in [6.07, 6.45) is 14.0. The van der Waals surface area contributed by atoms with Crippen LogP contribution in [0.4, 0.5) is 0 Å². The fourth-order valence-corrected chi connectivity index (χ4v) is 4.26. The molecule has 0 aromatic heterocycles. The van der Waals surface area contributed by atoms with Crippen LogP contribution in [0.2, 0.25) is 0 Å². The molecule has 3 amide bonds. The van der Waals surface area contributed by atoms with Crippen molar-refractivity contribution < 1.29 is 29.0 Å². The van der Waals surface area contributed by atoms with Gasteiger partial charge in [-0.3, -0.25) is 19.3 Å². The summed E-state index contributed by atoms with van der Waals surface area (Å²) in [5.41, 5.74) is 2.06. The normalized spacial score (nSPS) is 17.5. The SMILES string of the molecule is CCCCCCC[C@@H](C/C=C/CCC(=O)N(C)C/C(=C\Cl)C/C(=C\C(=O)N1C[C@H](O)CC1=O)OC)OC. The molecule has 0 aromatic rings. The van der Waals surface area contributed by atoms with Gasteiger partial charge in [-0.25, -0.2) is 0 Å². The maximum atomic E-state index is 12.6. The third-order valence-corrected chi connectivity index (χ3v) is 6.70. The average Bonchev–Trinajstić information content (AvgIpc) is 3.23. The van der Waals surface area contributed by atoms with Crippen LogP contribution in [0.15, 0.2) is 35.1 Å². The number of allylic oxidation sites excluding steroid dienone is 2. The van der Waals surface area contributed by atoms with Crippen molar-refractivity contribution in [1.29, 1.82) is 0 Å². The van der Waals surface area contributed by atoms with E-state index in [1.807, 2.05) is 6.08 Å². The number of hydrogen-bond acceptors (Lipinski definition) is 6. The highest BCUT2D eigenvalue weighted by molar-refractivity contribution is 6.25. The van der Waals surface area contributed by atoms with E-state index in [-0.39, 0.29) is 37.9 Å². The largest absolute Gasteiger partial charge is 0.501 e. The summed E-state index contributed by atoms with van der Waals surface area (Å²) in [7, 11) is 4.88. The highest BCUT2D eigenvalue weighted by Crippen LogP contribution is 2.18. The molecule has 0 spiro atoms. The van der Waals surface area contributed by atoms with Crippen LogP contribution in [0.25, 0.3) is 0 Å². The lowest BCUT2D eigenvalue weighted by Gasteiger charge is -2.19. The minimum absolute atomic E-state index is 0.0180. The number of β-amino-alcohol motifs (C(OH)–C–C–N with tert-alkyl or cyclic N) is 1. The van der Waals surface area contributed by atoms with Crippen molar-refractivity contribution in [2.45, 2.75) is 89.8 Å². The minimum atomic E-state index is -0.842. The first kappa shape index (κ1) is 32.9. The van der Waals surface area contributed by atoms with Crippen LogP contribution in [0.3, 0.4) is 0 Å². The van der Waals surface area contributed by atoms with E-state index < -0.39 is 17.9 Å². The number of nitrogens with zero attached hydrogens (tertiary/aromatic N) is 2. The quantitative estimate of drug-likeness (QED) is 0.117. The van der Waals surface area contributed by atoms with Gasteiger partial charge in [0, 0.05) is 45.2 Å². The number of methoxy groups -OCH3 is 2. The van der Waals surface area contributed by atoms with Crippen LogP contribution in [-0.4, -0.2) is 79.2 Å². The van der Waals surface area contributed by atoms with E-state index in [0.717, 1.165) is 17.7 Å². The Kier molecular flexibility index (Phi) is 16.9. The third kappa shape index (κ3) is 13.3. The number of hydrogen-bond donors (Lipinski definition) is 1. The van der Waals surface area contributed by atoms with E-state index in [0.29, 0.717) is 24.2 Å². The number of likely N-dealkylation sites (tertiary alicyclic amines) is 1. The number of carbonyl (C=O) groups is 3. The predicted octanol–water partition coefficient (Wildman–Crippen LogP) is 4.71. The van der Waals surface area contributed by atoms with Gasteiger partial charge in [0.15, 0.2) is 0 Å². The second kappa shape index (κ2) is 19.0. The van der Waals surface area contributed by atoms with E-state index >= 15 is 0 Å². The van der Waals surface area contributed by atoms with Crippen LogP contribution < -0.4 is 0 Å². The highest BCUT2D eigenvalue weighted by atomic mass is 35.5. The first-order valence-corrected chi connectivity index (χ1v) is 13.7. The van der Waals surface area contributed by atoms with Gasteiger partial charge in [-0.15, -0.1) is 0 Å². The van der Waals surface area contributed by atoms with Gasteiger partial charge in [0.25, 0.3) is 5.91 Å². The fraction of sp³-hybridized carbons (Fsp3) is 0.679. The minimum Gasteiger partial charge on any atom is -0.501 e. The molecule has 1 heterocycles. The van der Waals surface area contributed by atoms with Crippen molar-refractivity contribution >= 4 is 29.3 Å². The van der Waals surface area contributed by atoms with E-state index in [9.17, 15) is 19.5 Å². The van der Waals surface area contributed by atoms with E-state index in [1.54, 1.807) is 19.1 Å². The molecule has 1 aliphatic rings. The second-order valence-corrected chi connectivity index (χ2v) is 9.73. The van der Waals surface area contributed by atoms with Crippen LogP contribution in [0.5, 0.6) is 0 Å². The topological polar surface area (TPSA) is 96.4 Å². The summed E-state index contributed by atoms with van der Waals surface area (Å²) in [5.74, 6) is -0.670. The molecule has 37 heavy (non-hydrogen) atoms. The lowest BCUT2D eigenvalue weighted by Crippen LogP contribution is -2.32. The number of likely N-dealkylation sites (N-methyl/N-ethyl adjacent to an activating group) is 1. The standard InChI is InChI=1S/C28H45ClN2O6/c1-5-6-7-8-10-13-24(36-3)14-11-9-12-15-26(33)30(2)20-22(19-29)16-25(37-4)18-28(35)31-21-23(32)17-27(31)34/h9,11,18-19,23-24,32H,5-8,10,12-17,20-21H2,1-4H3/b11-9+,22-19-,25-18+/t23-,24+/m1/s1. The molecule has 0 aromatic carbocycles. The van der Waals surface area contributed by atoms with Gasteiger partial charge in [0.1, 0.15) is 5.76 Å². The Hall–Kier alpha value is -2.16. The molecule has 210 valence electrons. The Morgan fingerprint density at radius 2 is 1.95 bits per heavy atom. The molecule has 0 radical (unpaired) electrons. The molecular formula is C28H45ClN2O6. The Bertz CT molecular complexity index is 810. The van der Waals surface area contributed by atoms with Gasteiger partial charge in [-0.1, -0.05) is 62.8 Å². The number of carbonyl (C=O) groups excluding carboxylic acids is 3. The molecule has 0 saturated carbocycles. The first-order chi connectivity index (χ1) is 17.7. The van der Waals surface area contributed by atoms with Crippen LogP contribution in [0.1, 0.15) is 77.6 Å². The molecule has 0 aliphatic carbocycles. The fourth-order valence-electron chi connectivity index (χ4n) is 4.12. The molecule has 1 aliphatic heterocycles. The zero-order chi connectivity index (χ0) is 27.6. The Balaban J connectivity index is 2.45. The third-order valence-electron chi connectivity index (χ3n) is 6.39. The molecule has 1 rings (SSSR count). The number of amides is 3. The second-order valence-electron chi connectivity index (χ2n) is 9.52. The number of aliphatic hydroxyl groups is 1. The summed E-state index contributed by atoms with van der Waals surface area (Å²) >= 11 is 5.98. The predicted molar refractivity (Wildman–Crippen MR) is 146 cm³/mol. The van der Waals surface area contributed by atoms with Crippen LogP contribution in [0, 0.1) is 0 Å². The zero-order valence-electron chi connectivity index (χ0n) is 22.9. The molecule has 0 unspecified atom stereocenters. The molecule has 0 bridgehead atoms. The summed E-state index contributed by atoms with van der Waals surface area (Å²) in [6.45, 7) is 2.47. The van der Waals surface area contributed by atoms with Crippen molar-refractivity contribution in [2.24, 2.45) is 0 Å². The van der Waals surface area contributed by atoms with Crippen LogP contribution in [-0.2, 0) is 23.9 Å². The molecular weight excluding hydrogens is 496 g/mol. The van der Waals surface area contributed by atoms with Crippen molar-refractivity contribution in [2.75, 3.05) is 34.4 Å². The van der Waals surface area contributed by atoms with E-state index in [1.165, 1.54) is 50.8 Å². The Labute approximate surface area is 227 Å². The molecule has 9 heteroatoms. The summed E-state index contributed by atoms with van der Waals surface area (Å²) in [5, 5.41) is 9.59. The number of imide groups is 1. The summed E-state index contributed by atoms with van der Waals surface area (Å²) in [4.78, 5) is 39.4. The van der Waals surface area contributed by atoms with Gasteiger partial charge >= 0.3 is 0 Å². The smallest absolute Gasteiger partial charge is 0.256 e. The van der Waals surface area contributed by atoms with E-state index in [4.69, 9.17) is 21.1 Å².